The number of nitrogens with zero attached hydrogens (tertiary/aromatic N) is 1. The molecule has 0 saturated heterocycles. The van der Waals surface area contributed by atoms with Gasteiger partial charge in [0, 0.05) is 21.5 Å². The van der Waals surface area contributed by atoms with E-state index < -0.39 is 0 Å². The number of pyridine rings is 1. The molecule has 2 atom stereocenters. The van der Waals surface area contributed by atoms with Crippen molar-refractivity contribution < 1.29 is 9.47 Å². The van der Waals surface area contributed by atoms with Crippen LogP contribution in [0, 0.1) is 0 Å². The third-order valence-electron chi connectivity index (χ3n) is 5.44. The normalized spacial score (nSPS) is 13.0. The number of hydrogen-bond acceptors (Lipinski definition) is 4. The summed E-state index contributed by atoms with van der Waals surface area (Å²) in [5.74, 6) is 1.47. The zero-order valence-corrected chi connectivity index (χ0v) is 19.4. The van der Waals surface area contributed by atoms with E-state index in [0.717, 1.165) is 32.3 Å². The molecule has 0 aliphatic rings. The molecule has 158 valence electrons. The SMILES string of the molecule is COc1ccc([C@H](C)N[C@@H](c2ccccc2)c2cc3cc(Br)ccc3nc2OC)cc1. The predicted octanol–water partition coefficient (Wildman–Crippen LogP) is 6.45. The van der Waals surface area contributed by atoms with Crippen LogP contribution in [0.3, 0.4) is 0 Å². The largest absolute Gasteiger partial charge is 0.497 e. The van der Waals surface area contributed by atoms with Crippen LogP contribution in [0.15, 0.2) is 83.3 Å². The second kappa shape index (κ2) is 9.50. The Balaban J connectivity index is 1.78. The average Bonchev–Trinajstić information content (AvgIpc) is 2.82. The van der Waals surface area contributed by atoms with Gasteiger partial charge in [0.05, 0.1) is 25.8 Å². The third-order valence-corrected chi connectivity index (χ3v) is 5.93. The summed E-state index contributed by atoms with van der Waals surface area (Å²) in [6, 6.07) is 26.8. The molecule has 4 nitrogen and oxygen atoms in total. The number of methoxy groups -OCH3 is 2. The quantitative estimate of drug-likeness (QED) is 0.332. The zero-order valence-electron chi connectivity index (χ0n) is 17.8. The van der Waals surface area contributed by atoms with Crippen molar-refractivity contribution in [3.8, 4) is 11.6 Å². The number of halogens is 1. The highest BCUT2D eigenvalue weighted by molar-refractivity contribution is 9.10. The fraction of sp³-hybridized carbons (Fsp3) is 0.192. The fourth-order valence-electron chi connectivity index (χ4n) is 3.77. The van der Waals surface area contributed by atoms with Crippen LogP contribution in [0.1, 0.15) is 35.7 Å². The van der Waals surface area contributed by atoms with Crippen molar-refractivity contribution in [1.29, 1.82) is 0 Å². The Labute approximate surface area is 191 Å². The van der Waals surface area contributed by atoms with Crippen molar-refractivity contribution in [3.05, 3.63) is 100 Å². The first-order chi connectivity index (χ1) is 15.1. The summed E-state index contributed by atoms with van der Waals surface area (Å²) in [5.41, 5.74) is 4.23. The molecule has 0 aliphatic heterocycles. The highest BCUT2D eigenvalue weighted by Gasteiger charge is 2.22. The van der Waals surface area contributed by atoms with Gasteiger partial charge >= 0.3 is 0 Å². The van der Waals surface area contributed by atoms with Crippen molar-refractivity contribution in [2.75, 3.05) is 14.2 Å². The standard InChI is InChI=1S/C26H25BrN2O2/c1-17(18-9-12-22(30-2)13-10-18)28-25(19-7-5-4-6-8-19)23-16-20-15-21(27)11-14-24(20)29-26(23)31-3/h4-17,25,28H,1-3H3/t17-,25-/m0/s1. The van der Waals surface area contributed by atoms with Crippen molar-refractivity contribution in [2.45, 2.75) is 19.0 Å². The maximum absolute atomic E-state index is 5.72. The third kappa shape index (κ3) is 4.73. The number of ether oxygens (including phenoxy) is 2. The number of rotatable bonds is 7. The van der Waals surface area contributed by atoms with Gasteiger partial charge in [0.1, 0.15) is 5.75 Å². The van der Waals surface area contributed by atoms with Crippen molar-refractivity contribution in [1.82, 2.24) is 10.3 Å². The van der Waals surface area contributed by atoms with Crippen LogP contribution in [0.2, 0.25) is 0 Å². The van der Waals surface area contributed by atoms with Gasteiger partial charge in [-0.05, 0) is 54.4 Å². The molecule has 1 aromatic heterocycles. The number of hydrogen-bond donors (Lipinski definition) is 1. The van der Waals surface area contributed by atoms with Gasteiger partial charge in [-0.25, -0.2) is 4.98 Å². The van der Waals surface area contributed by atoms with Crippen molar-refractivity contribution in [3.63, 3.8) is 0 Å². The Morgan fingerprint density at radius 2 is 1.58 bits per heavy atom. The van der Waals surface area contributed by atoms with Gasteiger partial charge in [0.25, 0.3) is 0 Å². The monoisotopic (exact) mass is 476 g/mol. The van der Waals surface area contributed by atoms with Gasteiger partial charge in [-0.2, -0.15) is 0 Å². The zero-order chi connectivity index (χ0) is 21.8. The van der Waals surface area contributed by atoms with Crippen LogP contribution >= 0.6 is 15.9 Å². The van der Waals surface area contributed by atoms with Gasteiger partial charge in [0.2, 0.25) is 5.88 Å². The number of nitrogens with one attached hydrogen (secondary N) is 1. The first kappa shape index (κ1) is 21.3. The molecule has 31 heavy (non-hydrogen) atoms. The van der Waals surface area contributed by atoms with Crippen LogP contribution in [-0.4, -0.2) is 19.2 Å². The van der Waals surface area contributed by atoms with Gasteiger partial charge in [0.15, 0.2) is 0 Å². The minimum Gasteiger partial charge on any atom is -0.497 e. The lowest BCUT2D eigenvalue weighted by molar-refractivity contribution is 0.385. The molecule has 0 unspecified atom stereocenters. The fourth-order valence-corrected chi connectivity index (χ4v) is 4.14. The predicted molar refractivity (Wildman–Crippen MR) is 129 cm³/mol. The minimum absolute atomic E-state index is 0.0934. The van der Waals surface area contributed by atoms with E-state index in [4.69, 9.17) is 14.5 Å². The maximum atomic E-state index is 5.72. The summed E-state index contributed by atoms with van der Waals surface area (Å²) in [7, 11) is 3.35. The molecule has 0 fully saturated rings. The first-order valence-corrected chi connectivity index (χ1v) is 11.0. The molecule has 0 saturated carbocycles. The molecule has 1 N–H and O–H groups in total. The Bertz CT molecular complexity index is 1160. The lowest BCUT2D eigenvalue weighted by atomic mass is 9.96. The van der Waals surface area contributed by atoms with E-state index in [1.807, 2.05) is 30.3 Å². The Hall–Kier alpha value is -2.89. The summed E-state index contributed by atoms with van der Waals surface area (Å²) in [6.45, 7) is 2.16. The Kier molecular flexibility index (Phi) is 6.54. The second-order valence-electron chi connectivity index (χ2n) is 7.43. The molecular weight excluding hydrogens is 452 g/mol. The van der Waals surface area contributed by atoms with Crippen LogP contribution in [0.25, 0.3) is 10.9 Å². The molecule has 1 heterocycles. The van der Waals surface area contributed by atoms with Crippen LogP contribution in [0.5, 0.6) is 11.6 Å². The number of fused-ring (bicyclic) bond motifs is 1. The molecule has 0 radical (unpaired) electrons. The van der Waals surface area contributed by atoms with Gasteiger partial charge in [-0.15, -0.1) is 0 Å². The Morgan fingerprint density at radius 1 is 0.839 bits per heavy atom. The lowest BCUT2D eigenvalue weighted by Crippen LogP contribution is -2.26. The summed E-state index contributed by atoms with van der Waals surface area (Å²) in [4.78, 5) is 4.78. The molecule has 0 aliphatic carbocycles. The lowest BCUT2D eigenvalue weighted by Gasteiger charge is -2.26. The molecule has 4 rings (SSSR count). The van der Waals surface area contributed by atoms with Gasteiger partial charge < -0.3 is 9.47 Å². The van der Waals surface area contributed by atoms with Gasteiger partial charge in [-0.1, -0.05) is 58.4 Å². The van der Waals surface area contributed by atoms with E-state index in [1.54, 1.807) is 14.2 Å². The summed E-state index contributed by atoms with van der Waals surface area (Å²) < 4.78 is 12.0. The molecule has 0 amide bonds. The summed E-state index contributed by atoms with van der Waals surface area (Å²) in [5, 5.41) is 4.85. The molecule has 0 spiro atoms. The van der Waals surface area contributed by atoms with E-state index in [-0.39, 0.29) is 12.1 Å². The average molecular weight is 477 g/mol. The summed E-state index contributed by atoms with van der Waals surface area (Å²) in [6.07, 6.45) is 0. The minimum atomic E-state index is -0.0934. The van der Waals surface area contributed by atoms with Gasteiger partial charge in [-0.3, -0.25) is 5.32 Å². The first-order valence-electron chi connectivity index (χ1n) is 10.2. The highest BCUT2D eigenvalue weighted by atomic mass is 79.9. The Morgan fingerprint density at radius 3 is 2.26 bits per heavy atom. The molecular formula is C26H25BrN2O2. The highest BCUT2D eigenvalue weighted by Crippen LogP contribution is 2.34. The van der Waals surface area contributed by atoms with Crippen molar-refractivity contribution >= 4 is 26.8 Å². The van der Waals surface area contributed by atoms with E-state index in [1.165, 1.54) is 5.56 Å². The maximum Gasteiger partial charge on any atom is 0.218 e. The molecule has 4 aromatic rings. The van der Waals surface area contributed by atoms with E-state index >= 15 is 0 Å². The topological polar surface area (TPSA) is 43.4 Å². The molecule has 5 heteroatoms. The van der Waals surface area contributed by atoms with E-state index in [9.17, 15) is 0 Å². The summed E-state index contributed by atoms with van der Waals surface area (Å²) >= 11 is 3.57. The number of benzene rings is 3. The van der Waals surface area contributed by atoms with Crippen LogP contribution < -0.4 is 14.8 Å². The molecule has 3 aromatic carbocycles. The van der Waals surface area contributed by atoms with Crippen LogP contribution in [-0.2, 0) is 0 Å². The number of aromatic nitrogens is 1. The second-order valence-corrected chi connectivity index (χ2v) is 8.34. The van der Waals surface area contributed by atoms with E-state index in [2.05, 4.69) is 76.7 Å². The smallest absolute Gasteiger partial charge is 0.218 e. The molecule has 0 bridgehead atoms. The van der Waals surface area contributed by atoms with E-state index in [0.29, 0.717) is 5.88 Å². The van der Waals surface area contributed by atoms with Crippen LogP contribution in [0.4, 0.5) is 0 Å². The van der Waals surface area contributed by atoms with Crippen molar-refractivity contribution in [2.24, 2.45) is 0 Å².